The molecule has 1 heterocycles. The molecule has 0 atom stereocenters. The van der Waals surface area contributed by atoms with Crippen LogP contribution in [0.5, 0.6) is 23.0 Å². The van der Waals surface area contributed by atoms with Crippen LogP contribution < -0.4 is 0 Å². The number of nitrogens with zero attached hydrogens (tertiary/aromatic N) is 2. The first-order valence-electron chi connectivity index (χ1n) is 6.26. The minimum absolute atomic E-state index is 0.201. The van der Waals surface area contributed by atoms with Crippen molar-refractivity contribution in [2.75, 3.05) is 0 Å². The van der Waals surface area contributed by atoms with Crippen molar-refractivity contribution in [3.8, 4) is 45.5 Å². The van der Waals surface area contributed by atoms with Crippen molar-refractivity contribution in [2.45, 2.75) is 0 Å². The summed E-state index contributed by atoms with van der Waals surface area (Å²) in [6, 6.07) is 10.6. The molecule has 0 unspecified atom stereocenters. The molecule has 0 aliphatic rings. The van der Waals surface area contributed by atoms with E-state index in [-0.39, 0.29) is 23.0 Å². The van der Waals surface area contributed by atoms with Crippen molar-refractivity contribution in [3.05, 3.63) is 42.5 Å². The topological polar surface area (TPSA) is 98.7 Å². The maximum absolute atomic E-state index is 9.59. The molecule has 3 aromatic rings. The molecule has 0 saturated heterocycles. The Morgan fingerprint density at radius 1 is 0.727 bits per heavy atom. The van der Waals surface area contributed by atoms with Crippen LogP contribution in [0.3, 0.4) is 0 Å². The third kappa shape index (κ3) is 2.46. The van der Waals surface area contributed by atoms with E-state index in [1.807, 2.05) is 0 Å². The smallest absolute Gasteiger partial charge is 0.158 e. The largest absolute Gasteiger partial charge is 0.504 e. The molecule has 7 heteroatoms. The molecule has 0 aliphatic carbocycles. The Labute approximate surface area is 133 Å². The molecule has 22 heavy (non-hydrogen) atoms. The maximum Gasteiger partial charge on any atom is 0.158 e. The number of rotatable bonds is 2. The highest BCUT2D eigenvalue weighted by atomic mass is 79.9. The van der Waals surface area contributed by atoms with Gasteiger partial charge in [-0.1, -0.05) is 0 Å². The van der Waals surface area contributed by atoms with Crippen molar-refractivity contribution in [1.29, 1.82) is 0 Å². The summed E-state index contributed by atoms with van der Waals surface area (Å²) in [6.07, 6.45) is 0. The molecule has 112 valence electrons. The predicted molar refractivity (Wildman–Crippen MR) is 84.1 cm³/mol. The van der Waals surface area contributed by atoms with Crippen molar-refractivity contribution in [2.24, 2.45) is 0 Å². The summed E-state index contributed by atoms with van der Waals surface area (Å²) in [6.45, 7) is 0. The third-order valence-corrected chi connectivity index (χ3v) is 3.75. The van der Waals surface area contributed by atoms with Gasteiger partial charge in [0.25, 0.3) is 0 Å². The lowest BCUT2D eigenvalue weighted by Crippen LogP contribution is -1.86. The van der Waals surface area contributed by atoms with E-state index in [0.29, 0.717) is 22.5 Å². The zero-order valence-electron chi connectivity index (χ0n) is 11.1. The standard InChI is InChI=1S/C15H11BrN2O4/c16-18-11(9-2-4-13(20)15(22)6-9)7-10(17-18)8-1-3-12(19)14(21)5-8/h1-7,19-22H. The first kappa shape index (κ1) is 14.3. The van der Waals surface area contributed by atoms with Crippen LogP contribution >= 0.6 is 16.1 Å². The van der Waals surface area contributed by atoms with Gasteiger partial charge < -0.3 is 20.4 Å². The SMILES string of the molecule is Oc1ccc(-c2cc(-c3ccc(O)c(O)c3)n(Br)n2)cc1O. The van der Waals surface area contributed by atoms with E-state index in [4.69, 9.17) is 0 Å². The number of hydrogen-bond donors (Lipinski definition) is 4. The Bertz CT molecular complexity index is 861. The van der Waals surface area contributed by atoms with Crippen molar-refractivity contribution >= 4 is 16.1 Å². The molecule has 0 fully saturated rings. The van der Waals surface area contributed by atoms with E-state index in [1.54, 1.807) is 18.2 Å². The van der Waals surface area contributed by atoms with Crippen molar-refractivity contribution in [3.63, 3.8) is 0 Å². The summed E-state index contributed by atoms with van der Waals surface area (Å²) in [5.41, 5.74) is 2.49. The normalized spacial score (nSPS) is 10.8. The van der Waals surface area contributed by atoms with E-state index in [0.717, 1.165) is 0 Å². The fourth-order valence-corrected chi connectivity index (χ4v) is 2.53. The van der Waals surface area contributed by atoms with E-state index in [1.165, 1.54) is 28.0 Å². The molecule has 4 N–H and O–H groups in total. The fraction of sp³-hybridized carbons (Fsp3) is 0. The van der Waals surface area contributed by atoms with Crippen LogP contribution in [0.4, 0.5) is 0 Å². The van der Waals surface area contributed by atoms with E-state index in [2.05, 4.69) is 21.2 Å². The van der Waals surface area contributed by atoms with Crippen LogP contribution in [-0.4, -0.2) is 29.2 Å². The van der Waals surface area contributed by atoms with Crippen LogP contribution in [0.15, 0.2) is 42.5 Å². The lowest BCUT2D eigenvalue weighted by molar-refractivity contribution is 0.404. The zero-order chi connectivity index (χ0) is 15.9. The van der Waals surface area contributed by atoms with Gasteiger partial charge in [-0.05, 0) is 42.5 Å². The van der Waals surface area contributed by atoms with Gasteiger partial charge in [0.05, 0.1) is 27.5 Å². The monoisotopic (exact) mass is 362 g/mol. The second-order valence-electron chi connectivity index (χ2n) is 4.68. The molecule has 0 radical (unpaired) electrons. The van der Waals surface area contributed by atoms with Crippen LogP contribution in [0.1, 0.15) is 0 Å². The predicted octanol–water partition coefficient (Wildman–Crippen LogP) is 3.20. The Morgan fingerprint density at radius 2 is 1.27 bits per heavy atom. The average molecular weight is 363 g/mol. The van der Waals surface area contributed by atoms with E-state index < -0.39 is 0 Å². The highest BCUT2D eigenvalue weighted by Crippen LogP contribution is 2.35. The molecule has 6 nitrogen and oxygen atoms in total. The summed E-state index contributed by atoms with van der Waals surface area (Å²) in [5.74, 6) is -0.862. The molecule has 2 aromatic carbocycles. The van der Waals surface area contributed by atoms with Crippen molar-refractivity contribution < 1.29 is 20.4 Å². The zero-order valence-corrected chi connectivity index (χ0v) is 12.7. The fourth-order valence-electron chi connectivity index (χ4n) is 2.06. The molecular formula is C15H11BrN2O4. The molecule has 0 spiro atoms. The number of phenols is 4. The summed E-state index contributed by atoms with van der Waals surface area (Å²) >= 11 is 3.28. The van der Waals surface area contributed by atoms with Crippen LogP contribution in [-0.2, 0) is 0 Å². The average Bonchev–Trinajstić information content (AvgIpc) is 2.87. The number of phenolic OH excluding ortho intramolecular Hbond substituents is 4. The molecular weight excluding hydrogens is 352 g/mol. The van der Waals surface area contributed by atoms with Gasteiger partial charge in [0.2, 0.25) is 0 Å². The Kier molecular flexibility index (Phi) is 3.42. The quantitative estimate of drug-likeness (QED) is 0.524. The van der Waals surface area contributed by atoms with Crippen LogP contribution in [0.25, 0.3) is 22.5 Å². The lowest BCUT2D eigenvalue weighted by atomic mass is 10.1. The minimum Gasteiger partial charge on any atom is -0.504 e. The number of hydrogen-bond acceptors (Lipinski definition) is 5. The molecule has 0 saturated carbocycles. The number of benzene rings is 2. The van der Waals surface area contributed by atoms with E-state index in [9.17, 15) is 20.4 Å². The summed E-state index contributed by atoms with van der Waals surface area (Å²) in [4.78, 5) is 0. The van der Waals surface area contributed by atoms with E-state index >= 15 is 0 Å². The first-order valence-corrected chi connectivity index (χ1v) is 6.97. The van der Waals surface area contributed by atoms with Crippen LogP contribution in [0, 0.1) is 0 Å². The highest BCUT2D eigenvalue weighted by molar-refractivity contribution is 9.08. The van der Waals surface area contributed by atoms with Crippen molar-refractivity contribution in [1.82, 2.24) is 8.81 Å². The lowest BCUT2D eigenvalue weighted by Gasteiger charge is -2.02. The molecule has 3 rings (SSSR count). The molecule has 1 aromatic heterocycles. The first-order chi connectivity index (χ1) is 10.5. The second-order valence-corrected chi connectivity index (χ2v) is 5.35. The third-order valence-electron chi connectivity index (χ3n) is 3.21. The summed E-state index contributed by atoms with van der Waals surface area (Å²) < 4.78 is 1.44. The molecule has 0 bridgehead atoms. The second kappa shape index (κ2) is 5.27. The highest BCUT2D eigenvalue weighted by Gasteiger charge is 2.13. The summed E-state index contributed by atoms with van der Waals surface area (Å²) in [7, 11) is 0. The van der Waals surface area contributed by atoms with Gasteiger partial charge in [-0.15, -0.1) is 0 Å². The van der Waals surface area contributed by atoms with Gasteiger partial charge in [0.1, 0.15) is 0 Å². The van der Waals surface area contributed by atoms with Gasteiger partial charge in [-0.2, -0.15) is 8.81 Å². The Hall–Kier alpha value is -2.67. The molecule has 0 aliphatic heterocycles. The number of aromatic hydroxyl groups is 4. The Balaban J connectivity index is 2.06. The van der Waals surface area contributed by atoms with Gasteiger partial charge in [-0.25, -0.2) is 0 Å². The number of aromatic nitrogens is 2. The minimum atomic E-state index is -0.231. The van der Waals surface area contributed by atoms with Gasteiger partial charge in [0.15, 0.2) is 23.0 Å². The van der Waals surface area contributed by atoms with Gasteiger partial charge in [0, 0.05) is 11.1 Å². The van der Waals surface area contributed by atoms with Gasteiger partial charge >= 0.3 is 0 Å². The molecule has 0 amide bonds. The maximum atomic E-state index is 9.59. The van der Waals surface area contributed by atoms with Gasteiger partial charge in [-0.3, -0.25) is 0 Å². The number of halogens is 1. The summed E-state index contributed by atoms with van der Waals surface area (Å²) in [5, 5.41) is 42.1. The Morgan fingerprint density at radius 3 is 1.86 bits per heavy atom. The van der Waals surface area contributed by atoms with Crippen LogP contribution in [0.2, 0.25) is 0 Å².